The van der Waals surface area contributed by atoms with Crippen molar-refractivity contribution in [3.8, 4) is 0 Å². The summed E-state index contributed by atoms with van der Waals surface area (Å²) in [7, 11) is 0. The summed E-state index contributed by atoms with van der Waals surface area (Å²) in [6.45, 7) is 2.34. The van der Waals surface area contributed by atoms with Crippen LogP contribution < -0.4 is 5.32 Å². The maximum atomic E-state index is 13.3. The van der Waals surface area contributed by atoms with Gasteiger partial charge in [0.15, 0.2) is 0 Å². The minimum absolute atomic E-state index is 0.113. The van der Waals surface area contributed by atoms with Crippen LogP contribution in [0.4, 0.5) is 10.1 Å². The number of anilines is 1. The van der Waals surface area contributed by atoms with Crippen LogP contribution in [-0.2, 0) is 0 Å². The van der Waals surface area contributed by atoms with E-state index < -0.39 is 0 Å². The first-order chi connectivity index (χ1) is 9.67. The van der Waals surface area contributed by atoms with E-state index in [1.165, 1.54) is 31.4 Å². The SMILES string of the molecule is CCCC1CCCC(CO)(Nc2cccc(F)c2)CC1. The van der Waals surface area contributed by atoms with Crippen LogP contribution in [0.2, 0.25) is 0 Å². The highest BCUT2D eigenvalue weighted by atomic mass is 19.1. The van der Waals surface area contributed by atoms with Gasteiger partial charge in [-0.05, 0) is 43.4 Å². The number of aliphatic hydroxyl groups excluding tert-OH is 1. The molecule has 20 heavy (non-hydrogen) atoms. The van der Waals surface area contributed by atoms with E-state index in [-0.39, 0.29) is 18.0 Å². The predicted octanol–water partition coefficient (Wildman–Crippen LogP) is 4.35. The molecule has 1 aromatic carbocycles. The van der Waals surface area contributed by atoms with Crippen LogP contribution in [0.25, 0.3) is 0 Å². The Morgan fingerprint density at radius 2 is 2.20 bits per heavy atom. The number of hydrogen-bond donors (Lipinski definition) is 2. The number of aliphatic hydroxyl groups is 1. The molecule has 0 spiro atoms. The van der Waals surface area contributed by atoms with Crippen molar-refractivity contribution in [2.24, 2.45) is 5.92 Å². The van der Waals surface area contributed by atoms with Crippen molar-refractivity contribution < 1.29 is 9.50 Å². The van der Waals surface area contributed by atoms with Gasteiger partial charge in [-0.1, -0.05) is 38.7 Å². The largest absolute Gasteiger partial charge is 0.394 e. The normalized spacial score (nSPS) is 27.1. The Kier molecular flexibility index (Phi) is 5.41. The van der Waals surface area contributed by atoms with E-state index in [0.29, 0.717) is 0 Å². The van der Waals surface area contributed by atoms with E-state index in [1.54, 1.807) is 6.07 Å². The van der Waals surface area contributed by atoms with Crippen molar-refractivity contribution in [2.75, 3.05) is 11.9 Å². The van der Waals surface area contributed by atoms with Crippen molar-refractivity contribution in [3.05, 3.63) is 30.1 Å². The minimum atomic E-state index is -0.281. The zero-order chi connectivity index (χ0) is 14.4. The second kappa shape index (κ2) is 7.07. The molecule has 3 heteroatoms. The van der Waals surface area contributed by atoms with Gasteiger partial charge in [-0.3, -0.25) is 0 Å². The molecule has 0 aromatic heterocycles. The van der Waals surface area contributed by atoms with Gasteiger partial charge in [-0.25, -0.2) is 4.39 Å². The molecule has 0 heterocycles. The monoisotopic (exact) mass is 279 g/mol. The molecule has 0 bridgehead atoms. The molecule has 2 N–H and O–H groups in total. The Bertz CT molecular complexity index is 423. The van der Waals surface area contributed by atoms with Crippen molar-refractivity contribution >= 4 is 5.69 Å². The summed E-state index contributed by atoms with van der Waals surface area (Å²) in [6.07, 6.45) is 7.96. The molecular formula is C17H26FNO. The third-order valence-corrected chi connectivity index (χ3v) is 4.53. The molecule has 0 saturated heterocycles. The molecule has 1 aromatic rings. The van der Waals surface area contributed by atoms with Crippen molar-refractivity contribution in [1.29, 1.82) is 0 Å². The molecule has 0 radical (unpaired) electrons. The lowest BCUT2D eigenvalue weighted by atomic mass is 9.89. The van der Waals surface area contributed by atoms with Gasteiger partial charge in [0.05, 0.1) is 12.1 Å². The molecule has 1 aliphatic carbocycles. The van der Waals surface area contributed by atoms with Gasteiger partial charge in [0.1, 0.15) is 5.82 Å². The van der Waals surface area contributed by atoms with Crippen molar-refractivity contribution in [1.82, 2.24) is 0 Å². The summed E-state index contributed by atoms with van der Waals surface area (Å²) in [5.41, 5.74) is 0.490. The lowest BCUT2D eigenvalue weighted by molar-refractivity contribution is 0.194. The number of nitrogens with one attached hydrogen (secondary N) is 1. The van der Waals surface area contributed by atoms with E-state index in [9.17, 15) is 9.50 Å². The maximum Gasteiger partial charge on any atom is 0.125 e. The first-order valence-corrected chi connectivity index (χ1v) is 7.82. The molecule has 1 aliphatic rings. The number of benzene rings is 1. The zero-order valence-corrected chi connectivity index (χ0v) is 12.4. The average molecular weight is 279 g/mol. The van der Waals surface area contributed by atoms with Crippen LogP contribution >= 0.6 is 0 Å². The first kappa shape index (κ1) is 15.3. The van der Waals surface area contributed by atoms with Crippen LogP contribution in [-0.4, -0.2) is 17.3 Å². The summed E-state index contributed by atoms with van der Waals surface area (Å²) < 4.78 is 13.3. The molecule has 2 unspecified atom stereocenters. The van der Waals surface area contributed by atoms with Gasteiger partial charge in [-0.15, -0.1) is 0 Å². The first-order valence-electron chi connectivity index (χ1n) is 7.82. The zero-order valence-electron chi connectivity index (χ0n) is 12.4. The predicted molar refractivity (Wildman–Crippen MR) is 81.3 cm³/mol. The van der Waals surface area contributed by atoms with Crippen LogP contribution in [0, 0.1) is 11.7 Å². The highest BCUT2D eigenvalue weighted by Crippen LogP contribution is 2.34. The fourth-order valence-electron chi connectivity index (χ4n) is 3.37. The van der Waals surface area contributed by atoms with Crippen LogP contribution in [0.5, 0.6) is 0 Å². The molecular weight excluding hydrogens is 253 g/mol. The quantitative estimate of drug-likeness (QED) is 0.785. The van der Waals surface area contributed by atoms with Crippen LogP contribution in [0.1, 0.15) is 51.9 Å². The van der Waals surface area contributed by atoms with Crippen molar-refractivity contribution in [2.45, 2.75) is 57.4 Å². The summed E-state index contributed by atoms with van der Waals surface area (Å²) in [5, 5.41) is 13.3. The number of hydrogen-bond acceptors (Lipinski definition) is 2. The fourth-order valence-corrected chi connectivity index (χ4v) is 3.37. The lowest BCUT2D eigenvalue weighted by Crippen LogP contribution is -2.41. The van der Waals surface area contributed by atoms with E-state index in [2.05, 4.69) is 12.2 Å². The van der Waals surface area contributed by atoms with E-state index in [0.717, 1.165) is 37.3 Å². The standard InChI is InChI=1S/C17H26FNO/c1-2-5-14-6-4-10-17(13-20,11-9-14)19-16-8-3-7-15(18)12-16/h3,7-8,12,14,19-20H,2,4-6,9-11,13H2,1H3. The molecule has 112 valence electrons. The van der Waals surface area contributed by atoms with Gasteiger partial charge < -0.3 is 10.4 Å². The topological polar surface area (TPSA) is 32.3 Å². The Morgan fingerprint density at radius 1 is 1.35 bits per heavy atom. The smallest absolute Gasteiger partial charge is 0.125 e. The average Bonchev–Trinajstić information content (AvgIpc) is 2.63. The Hall–Kier alpha value is -1.09. The molecule has 2 nitrogen and oxygen atoms in total. The number of halogens is 1. The molecule has 1 fully saturated rings. The second-order valence-corrected chi connectivity index (χ2v) is 6.16. The molecule has 0 amide bonds. The molecule has 2 atom stereocenters. The number of rotatable bonds is 5. The van der Waals surface area contributed by atoms with E-state index >= 15 is 0 Å². The molecule has 1 saturated carbocycles. The van der Waals surface area contributed by atoms with E-state index in [1.807, 2.05) is 6.07 Å². The Labute approximate surface area is 121 Å². The van der Waals surface area contributed by atoms with Crippen LogP contribution in [0.15, 0.2) is 24.3 Å². The van der Waals surface area contributed by atoms with Gasteiger partial charge >= 0.3 is 0 Å². The second-order valence-electron chi connectivity index (χ2n) is 6.16. The van der Waals surface area contributed by atoms with Gasteiger partial charge in [0.2, 0.25) is 0 Å². The minimum Gasteiger partial charge on any atom is -0.394 e. The summed E-state index contributed by atoms with van der Waals surface area (Å²) in [6, 6.07) is 6.53. The van der Waals surface area contributed by atoms with E-state index in [4.69, 9.17) is 0 Å². The lowest BCUT2D eigenvalue weighted by Gasteiger charge is -2.33. The molecule has 0 aliphatic heterocycles. The van der Waals surface area contributed by atoms with Gasteiger partial charge in [0.25, 0.3) is 0 Å². The summed E-state index contributed by atoms with van der Waals surface area (Å²) >= 11 is 0. The summed E-state index contributed by atoms with van der Waals surface area (Å²) in [5.74, 6) is 0.545. The third kappa shape index (κ3) is 3.95. The Morgan fingerprint density at radius 3 is 2.90 bits per heavy atom. The molecule has 2 rings (SSSR count). The summed E-state index contributed by atoms with van der Waals surface area (Å²) in [4.78, 5) is 0. The highest BCUT2D eigenvalue weighted by Gasteiger charge is 2.32. The highest BCUT2D eigenvalue weighted by molar-refractivity contribution is 5.45. The maximum absolute atomic E-state index is 13.3. The third-order valence-electron chi connectivity index (χ3n) is 4.53. The van der Waals surface area contributed by atoms with Crippen molar-refractivity contribution in [3.63, 3.8) is 0 Å². The van der Waals surface area contributed by atoms with Gasteiger partial charge in [0, 0.05) is 5.69 Å². The fraction of sp³-hybridized carbons (Fsp3) is 0.647. The van der Waals surface area contributed by atoms with Crippen LogP contribution in [0.3, 0.4) is 0 Å². The Balaban J connectivity index is 2.05. The van der Waals surface area contributed by atoms with Gasteiger partial charge in [-0.2, -0.15) is 0 Å².